The van der Waals surface area contributed by atoms with Gasteiger partial charge in [0.25, 0.3) is 0 Å². The van der Waals surface area contributed by atoms with Crippen molar-refractivity contribution in [1.29, 1.82) is 0 Å². The lowest BCUT2D eigenvalue weighted by molar-refractivity contribution is -0.0779. The Labute approximate surface area is 134 Å². The number of ether oxygens (including phenoxy) is 2. The molecule has 3 heteroatoms. The summed E-state index contributed by atoms with van der Waals surface area (Å²) in [6, 6.07) is 3.85. The van der Waals surface area contributed by atoms with Crippen LogP contribution in [0.1, 0.15) is 66.0 Å². The lowest BCUT2D eigenvalue weighted by Gasteiger charge is -2.33. The van der Waals surface area contributed by atoms with Crippen LogP contribution in [0.25, 0.3) is 0 Å². The first kappa shape index (κ1) is 17.1. The molecule has 2 rings (SSSR count). The van der Waals surface area contributed by atoms with Gasteiger partial charge in [-0.3, -0.25) is 0 Å². The molecule has 0 fully saturated rings. The van der Waals surface area contributed by atoms with E-state index in [1.54, 1.807) is 7.11 Å². The van der Waals surface area contributed by atoms with Crippen molar-refractivity contribution in [2.45, 2.75) is 72.0 Å². The van der Waals surface area contributed by atoms with Crippen molar-refractivity contribution in [3.05, 3.63) is 23.3 Å². The highest BCUT2D eigenvalue weighted by Gasteiger charge is 2.43. The van der Waals surface area contributed by atoms with Crippen LogP contribution in [0, 0.1) is 5.41 Å². The van der Waals surface area contributed by atoms with E-state index in [9.17, 15) is 5.11 Å². The van der Waals surface area contributed by atoms with Gasteiger partial charge in [-0.2, -0.15) is 0 Å². The molecule has 1 atom stereocenters. The Morgan fingerprint density at radius 2 is 1.77 bits per heavy atom. The third-order valence-corrected chi connectivity index (χ3v) is 4.53. The van der Waals surface area contributed by atoms with E-state index in [2.05, 4.69) is 48.5 Å². The number of phenols is 1. The van der Waals surface area contributed by atoms with Gasteiger partial charge in [-0.1, -0.05) is 34.6 Å². The minimum atomic E-state index is -0.317. The Balaban J connectivity index is 2.47. The van der Waals surface area contributed by atoms with Crippen LogP contribution in [0.5, 0.6) is 11.5 Å². The van der Waals surface area contributed by atoms with Crippen LogP contribution < -0.4 is 4.74 Å². The first-order chi connectivity index (χ1) is 9.88. The van der Waals surface area contributed by atoms with Crippen molar-refractivity contribution < 1.29 is 14.6 Å². The van der Waals surface area contributed by atoms with E-state index in [0.717, 1.165) is 23.3 Å². The maximum Gasteiger partial charge on any atom is 0.208 e. The van der Waals surface area contributed by atoms with Gasteiger partial charge in [-0.05, 0) is 43.2 Å². The summed E-state index contributed by atoms with van der Waals surface area (Å²) in [5.41, 5.74) is 1.73. The summed E-state index contributed by atoms with van der Waals surface area (Å²) in [6.07, 6.45) is 0.659. The van der Waals surface area contributed by atoms with Gasteiger partial charge < -0.3 is 14.6 Å². The van der Waals surface area contributed by atoms with E-state index in [4.69, 9.17) is 9.47 Å². The quantitative estimate of drug-likeness (QED) is 0.876. The second kappa shape index (κ2) is 5.16. The summed E-state index contributed by atoms with van der Waals surface area (Å²) in [6.45, 7) is 15.2. The van der Waals surface area contributed by atoms with Gasteiger partial charge in [0.05, 0.1) is 5.41 Å². The zero-order valence-electron chi connectivity index (χ0n) is 15.2. The van der Waals surface area contributed by atoms with Crippen LogP contribution in [0.2, 0.25) is 0 Å². The van der Waals surface area contributed by atoms with Crippen LogP contribution in [0.4, 0.5) is 0 Å². The van der Waals surface area contributed by atoms with Crippen molar-refractivity contribution in [2.75, 3.05) is 7.11 Å². The molecule has 1 aliphatic rings. The summed E-state index contributed by atoms with van der Waals surface area (Å²) in [5, 5.41) is 10.6. The van der Waals surface area contributed by atoms with Crippen molar-refractivity contribution in [3.8, 4) is 11.5 Å². The Hall–Kier alpha value is -1.22. The number of fused-ring (bicyclic) bond motifs is 1. The molecule has 1 unspecified atom stereocenters. The molecule has 0 saturated heterocycles. The SMILES string of the molecule is COC1Oc2cc(C(C)(C)CC(C)(C)C)c(O)cc2C1(C)C. The average molecular weight is 306 g/mol. The number of hydrogen-bond donors (Lipinski definition) is 1. The van der Waals surface area contributed by atoms with Gasteiger partial charge in [-0.15, -0.1) is 0 Å². The first-order valence-electron chi connectivity index (χ1n) is 7.96. The van der Waals surface area contributed by atoms with Crippen LogP contribution in [-0.4, -0.2) is 18.5 Å². The van der Waals surface area contributed by atoms with Gasteiger partial charge in [-0.25, -0.2) is 0 Å². The summed E-state index contributed by atoms with van der Waals surface area (Å²) < 4.78 is 11.4. The minimum absolute atomic E-state index is 0.129. The maximum atomic E-state index is 10.6. The highest BCUT2D eigenvalue weighted by molar-refractivity contribution is 5.53. The molecule has 0 aliphatic carbocycles. The molecule has 0 aromatic heterocycles. The molecule has 0 radical (unpaired) electrons. The van der Waals surface area contributed by atoms with E-state index in [1.807, 2.05) is 12.1 Å². The number of hydrogen-bond acceptors (Lipinski definition) is 3. The summed E-state index contributed by atoms with van der Waals surface area (Å²) >= 11 is 0. The molecule has 1 heterocycles. The largest absolute Gasteiger partial charge is 0.508 e. The summed E-state index contributed by atoms with van der Waals surface area (Å²) in [7, 11) is 1.66. The molecule has 22 heavy (non-hydrogen) atoms. The van der Waals surface area contributed by atoms with Crippen molar-refractivity contribution in [3.63, 3.8) is 0 Å². The van der Waals surface area contributed by atoms with Crippen LogP contribution in [0.15, 0.2) is 12.1 Å². The van der Waals surface area contributed by atoms with Gasteiger partial charge >= 0.3 is 0 Å². The molecule has 1 N–H and O–H groups in total. The lowest BCUT2D eigenvalue weighted by Crippen LogP contribution is -2.33. The van der Waals surface area contributed by atoms with Gasteiger partial charge in [0, 0.05) is 18.2 Å². The zero-order valence-corrected chi connectivity index (χ0v) is 15.2. The van der Waals surface area contributed by atoms with E-state index < -0.39 is 0 Å². The minimum Gasteiger partial charge on any atom is -0.508 e. The molecular formula is C19H30O3. The van der Waals surface area contributed by atoms with Crippen molar-refractivity contribution in [2.24, 2.45) is 5.41 Å². The number of rotatable bonds is 3. The lowest BCUT2D eigenvalue weighted by atomic mass is 9.71. The van der Waals surface area contributed by atoms with E-state index in [0.29, 0.717) is 5.75 Å². The smallest absolute Gasteiger partial charge is 0.208 e. The molecule has 1 aromatic carbocycles. The summed E-state index contributed by atoms with van der Waals surface area (Å²) in [4.78, 5) is 0. The number of benzene rings is 1. The molecule has 0 saturated carbocycles. The molecule has 0 amide bonds. The maximum absolute atomic E-state index is 10.6. The predicted molar refractivity (Wildman–Crippen MR) is 89.7 cm³/mol. The molecule has 1 aliphatic heterocycles. The van der Waals surface area contributed by atoms with Crippen molar-refractivity contribution >= 4 is 0 Å². The molecular weight excluding hydrogens is 276 g/mol. The van der Waals surface area contributed by atoms with Crippen LogP contribution in [-0.2, 0) is 15.6 Å². The van der Waals surface area contributed by atoms with E-state index in [1.165, 1.54) is 0 Å². The Morgan fingerprint density at radius 3 is 2.27 bits per heavy atom. The Bertz CT molecular complexity index is 565. The number of methoxy groups -OCH3 is 1. The fraction of sp³-hybridized carbons (Fsp3) is 0.684. The average Bonchev–Trinajstić information content (AvgIpc) is 2.56. The molecule has 0 spiro atoms. The summed E-state index contributed by atoms with van der Waals surface area (Å²) in [5.74, 6) is 1.17. The Morgan fingerprint density at radius 1 is 1.18 bits per heavy atom. The zero-order chi connectivity index (χ0) is 16.9. The van der Waals surface area contributed by atoms with Crippen LogP contribution in [0.3, 0.4) is 0 Å². The van der Waals surface area contributed by atoms with E-state index in [-0.39, 0.29) is 22.5 Å². The predicted octanol–water partition coefficient (Wildman–Crippen LogP) is 4.75. The third-order valence-electron chi connectivity index (χ3n) is 4.53. The fourth-order valence-corrected chi connectivity index (χ4v) is 3.86. The normalized spacial score (nSPS) is 20.6. The fourth-order valence-electron chi connectivity index (χ4n) is 3.86. The highest BCUT2D eigenvalue weighted by atomic mass is 16.7. The number of phenolic OH excluding ortho intramolecular Hbond substituents is 1. The van der Waals surface area contributed by atoms with Gasteiger partial charge in [0.15, 0.2) is 0 Å². The highest BCUT2D eigenvalue weighted by Crippen LogP contribution is 2.49. The second-order valence-electron chi connectivity index (χ2n) is 8.89. The number of aromatic hydroxyl groups is 1. The molecule has 124 valence electrons. The van der Waals surface area contributed by atoms with E-state index >= 15 is 0 Å². The standard InChI is InChI=1S/C19H30O3/c1-17(2,3)11-18(4,5)12-10-15-13(9-14(12)20)19(6,7)16(21-8)22-15/h9-10,16,20H,11H2,1-8H3. The first-order valence-corrected chi connectivity index (χ1v) is 7.96. The van der Waals surface area contributed by atoms with Gasteiger partial charge in [0.1, 0.15) is 11.5 Å². The molecule has 3 nitrogen and oxygen atoms in total. The second-order valence-corrected chi connectivity index (χ2v) is 8.89. The topological polar surface area (TPSA) is 38.7 Å². The monoisotopic (exact) mass is 306 g/mol. The van der Waals surface area contributed by atoms with Crippen LogP contribution >= 0.6 is 0 Å². The molecule has 0 bridgehead atoms. The third kappa shape index (κ3) is 2.96. The van der Waals surface area contributed by atoms with Crippen molar-refractivity contribution in [1.82, 2.24) is 0 Å². The van der Waals surface area contributed by atoms with Gasteiger partial charge in [0.2, 0.25) is 6.29 Å². The Kier molecular flexibility index (Phi) is 4.02. The molecule has 1 aromatic rings.